The zero-order valence-corrected chi connectivity index (χ0v) is 18.9. The molecule has 2 atom stereocenters. The normalized spacial score (nSPS) is 18.1. The van der Waals surface area contributed by atoms with Crippen molar-refractivity contribution in [3.05, 3.63) is 112 Å². The Morgan fingerprint density at radius 2 is 1.75 bits per heavy atom. The molecule has 32 heavy (non-hydrogen) atoms. The highest BCUT2D eigenvalue weighted by Gasteiger charge is 2.43. The van der Waals surface area contributed by atoms with Crippen molar-refractivity contribution in [1.82, 2.24) is 14.9 Å². The summed E-state index contributed by atoms with van der Waals surface area (Å²) in [7, 11) is 0. The van der Waals surface area contributed by atoms with E-state index in [1.807, 2.05) is 47.2 Å². The minimum Gasteiger partial charge on any atom is -0.351 e. The third-order valence-electron chi connectivity index (χ3n) is 5.46. The number of halogens is 3. The first kappa shape index (κ1) is 20.9. The summed E-state index contributed by atoms with van der Waals surface area (Å²) in [5.41, 5.74) is 2.83. The molecule has 5 rings (SSSR count). The van der Waals surface area contributed by atoms with Gasteiger partial charge < -0.3 is 14.8 Å². The Morgan fingerprint density at radius 1 is 0.938 bits per heavy atom. The first-order valence-corrected chi connectivity index (χ1v) is 11.1. The number of hydrogen-bond donors (Lipinski definition) is 1. The Morgan fingerprint density at radius 3 is 2.50 bits per heavy atom. The van der Waals surface area contributed by atoms with Gasteiger partial charge in [-0.1, -0.05) is 41.4 Å². The smallest absolute Gasteiger partial charge is 0.174 e. The predicted octanol–water partition coefficient (Wildman–Crippen LogP) is 6.50. The zero-order valence-electron chi connectivity index (χ0n) is 16.6. The fourth-order valence-electron chi connectivity index (χ4n) is 4.09. The SMILES string of the molecule is Fc1ccccc1N1C(=S)NC(c2ccccn2)C1c1cccn1-c1ccc(Cl)cc1Cl. The number of hydrogen-bond acceptors (Lipinski definition) is 2. The van der Waals surface area contributed by atoms with Gasteiger partial charge in [0.1, 0.15) is 11.9 Å². The first-order valence-electron chi connectivity index (χ1n) is 9.92. The van der Waals surface area contributed by atoms with E-state index in [2.05, 4.69) is 10.3 Å². The summed E-state index contributed by atoms with van der Waals surface area (Å²) in [6, 6.07) is 20.9. The number of nitrogens with one attached hydrogen (secondary N) is 1. The fourth-order valence-corrected chi connectivity index (χ4v) is 4.93. The molecule has 2 aromatic heterocycles. The Labute approximate surface area is 200 Å². The Hall–Kier alpha value is -2.93. The second-order valence-corrected chi connectivity index (χ2v) is 8.58. The van der Waals surface area contributed by atoms with Crippen LogP contribution in [-0.2, 0) is 0 Å². The second kappa shape index (κ2) is 8.54. The van der Waals surface area contributed by atoms with Crippen LogP contribution < -0.4 is 10.2 Å². The van der Waals surface area contributed by atoms with Gasteiger partial charge in [0.25, 0.3) is 0 Å². The molecular weight excluding hydrogens is 466 g/mol. The monoisotopic (exact) mass is 482 g/mol. The molecule has 3 heterocycles. The van der Waals surface area contributed by atoms with Gasteiger partial charge in [0.2, 0.25) is 0 Å². The quantitative estimate of drug-likeness (QED) is 0.336. The van der Waals surface area contributed by atoms with E-state index in [0.29, 0.717) is 20.8 Å². The zero-order chi connectivity index (χ0) is 22.2. The van der Waals surface area contributed by atoms with Crippen molar-refractivity contribution < 1.29 is 4.39 Å². The van der Waals surface area contributed by atoms with Crippen molar-refractivity contribution in [2.24, 2.45) is 0 Å². The lowest BCUT2D eigenvalue weighted by molar-refractivity contribution is 0.542. The maximum Gasteiger partial charge on any atom is 0.174 e. The van der Waals surface area contributed by atoms with Crippen molar-refractivity contribution in [2.45, 2.75) is 12.1 Å². The summed E-state index contributed by atoms with van der Waals surface area (Å²) >= 11 is 18.3. The molecule has 1 aliphatic rings. The van der Waals surface area contributed by atoms with E-state index in [1.165, 1.54) is 6.07 Å². The summed E-state index contributed by atoms with van der Waals surface area (Å²) in [5.74, 6) is -0.356. The number of pyridine rings is 1. The second-order valence-electron chi connectivity index (χ2n) is 7.35. The molecule has 4 nitrogen and oxygen atoms in total. The average molecular weight is 483 g/mol. The van der Waals surface area contributed by atoms with Crippen LogP contribution in [0.15, 0.2) is 85.2 Å². The van der Waals surface area contributed by atoms with Gasteiger partial charge in [0, 0.05) is 23.1 Å². The lowest BCUT2D eigenvalue weighted by Gasteiger charge is -2.29. The van der Waals surface area contributed by atoms with Crippen LogP contribution in [0.5, 0.6) is 0 Å². The minimum atomic E-state index is -0.379. The van der Waals surface area contributed by atoms with Crippen molar-refractivity contribution in [2.75, 3.05) is 4.90 Å². The standard InChI is InChI=1S/C24H17Cl2FN4S/c25-15-10-11-19(16(26)14-15)30-13-5-9-21(30)23-22(18-7-3-4-12-28-18)29-24(32)31(23)20-8-2-1-6-17(20)27/h1-14,22-23H,(H,29,32). The highest BCUT2D eigenvalue weighted by molar-refractivity contribution is 7.80. The Balaban J connectivity index is 1.70. The molecule has 1 N–H and O–H groups in total. The lowest BCUT2D eigenvalue weighted by Crippen LogP contribution is -2.31. The van der Waals surface area contributed by atoms with E-state index in [-0.39, 0.29) is 17.9 Å². The van der Waals surface area contributed by atoms with Gasteiger partial charge >= 0.3 is 0 Å². The predicted molar refractivity (Wildman–Crippen MR) is 130 cm³/mol. The van der Waals surface area contributed by atoms with Gasteiger partial charge in [0.05, 0.1) is 28.1 Å². The molecule has 1 aliphatic heterocycles. The number of aromatic nitrogens is 2. The molecule has 0 spiro atoms. The summed E-state index contributed by atoms with van der Waals surface area (Å²) in [5, 5.41) is 4.83. The number of rotatable bonds is 4. The third-order valence-corrected chi connectivity index (χ3v) is 6.32. The molecule has 8 heteroatoms. The number of nitrogens with zero attached hydrogens (tertiary/aromatic N) is 3. The molecular formula is C24H17Cl2FN4S. The highest BCUT2D eigenvalue weighted by Crippen LogP contribution is 2.43. The molecule has 1 saturated heterocycles. The molecule has 0 aliphatic carbocycles. The topological polar surface area (TPSA) is 33.1 Å². The van der Waals surface area contributed by atoms with Crippen LogP contribution in [0.2, 0.25) is 10.0 Å². The van der Waals surface area contributed by atoms with Crippen LogP contribution in [0.25, 0.3) is 5.69 Å². The van der Waals surface area contributed by atoms with Crippen LogP contribution in [0.4, 0.5) is 10.1 Å². The summed E-state index contributed by atoms with van der Waals surface area (Å²) in [6.07, 6.45) is 3.65. The van der Waals surface area contributed by atoms with Crippen molar-refractivity contribution in [1.29, 1.82) is 0 Å². The maximum atomic E-state index is 14.9. The molecule has 0 amide bonds. The van der Waals surface area contributed by atoms with Gasteiger partial charge in [-0.2, -0.15) is 0 Å². The molecule has 160 valence electrons. The van der Waals surface area contributed by atoms with Gasteiger partial charge in [0.15, 0.2) is 5.11 Å². The molecule has 1 fully saturated rings. The summed E-state index contributed by atoms with van der Waals surface area (Å²) < 4.78 is 16.9. The van der Waals surface area contributed by atoms with E-state index in [9.17, 15) is 4.39 Å². The Kier molecular flexibility index (Phi) is 5.59. The van der Waals surface area contributed by atoms with Crippen LogP contribution in [0.3, 0.4) is 0 Å². The van der Waals surface area contributed by atoms with Gasteiger partial charge in [-0.05, 0) is 66.8 Å². The summed E-state index contributed by atoms with van der Waals surface area (Å²) in [4.78, 5) is 6.35. The van der Waals surface area contributed by atoms with Crippen molar-refractivity contribution in [3.8, 4) is 5.69 Å². The number of para-hydroxylation sites is 1. The third kappa shape index (κ3) is 3.64. The largest absolute Gasteiger partial charge is 0.351 e. The molecule has 0 radical (unpaired) electrons. The van der Waals surface area contributed by atoms with Crippen LogP contribution in [0.1, 0.15) is 23.5 Å². The molecule has 0 saturated carbocycles. The van der Waals surface area contributed by atoms with Crippen molar-refractivity contribution >= 4 is 46.2 Å². The van der Waals surface area contributed by atoms with E-state index in [4.69, 9.17) is 35.4 Å². The maximum absolute atomic E-state index is 14.9. The highest BCUT2D eigenvalue weighted by atomic mass is 35.5. The van der Waals surface area contributed by atoms with E-state index < -0.39 is 0 Å². The van der Waals surface area contributed by atoms with E-state index >= 15 is 0 Å². The first-order chi connectivity index (χ1) is 15.5. The Bertz CT molecular complexity index is 1290. The number of benzene rings is 2. The minimum absolute atomic E-state index is 0.303. The van der Waals surface area contributed by atoms with Crippen LogP contribution >= 0.6 is 35.4 Å². The van der Waals surface area contributed by atoms with Gasteiger partial charge in [-0.3, -0.25) is 4.98 Å². The average Bonchev–Trinajstić information content (AvgIpc) is 3.39. The molecule has 2 aromatic carbocycles. The van der Waals surface area contributed by atoms with E-state index in [0.717, 1.165) is 17.1 Å². The van der Waals surface area contributed by atoms with Crippen molar-refractivity contribution in [3.63, 3.8) is 0 Å². The molecule has 0 bridgehead atoms. The van der Waals surface area contributed by atoms with Crippen LogP contribution in [-0.4, -0.2) is 14.7 Å². The van der Waals surface area contributed by atoms with E-state index in [1.54, 1.807) is 41.4 Å². The lowest BCUT2D eigenvalue weighted by atomic mass is 10.0. The number of thiocarbonyl (C=S) groups is 1. The number of anilines is 1. The summed E-state index contributed by atoms with van der Waals surface area (Å²) in [6.45, 7) is 0. The molecule has 2 unspecified atom stereocenters. The fraction of sp³-hybridized carbons (Fsp3) is 0.0833. The van der Waals surface area contributed by atoms with Gasteiger partial charge in [-0.25, -0.2) is 4.39 Å². The molecule has 4 aromatic rings. The van der Waals surface area contributed by atoms with Gasteiger partial charge in [-0.15, -0.1) is 0 Å². The van der Waals surface area contributed by atoms with Crippen LogP contribution in [0, 0.1) is 5.82 Å².